The van der Waals surface area contributed by atoms with Gasteiger partial charge < -0.3 is 4.74 Å². The molecule has 1 fully saturated rings. The van der Waals surface area contributed by atoms with Crippen molar-refractivity contribution in [2.75, 3.05) is 6.54 Å². The van der Waals surface area contributed by atoms with Gasteiger partial charge in [-0.15, -0.1) is 0 Å². The number of nitrogens with one attached hydrogen (secondary N) is 2. The summed E-state index contributed by atoms with van der Waals surface area (Å²) in [4.78, 5) is 40.6. The summed E-state index contributed by atoms with van der Waals surface area (Å²) in [6, 6.07) is 9.25. The van der Waals surface area contributed by atoms with Gasteiger partial charge in [0.25, 0.3) is 0 Å². The van der Waals surface area contributed by atoms with Crippen molar-refractivity contribution in [1.29, 1.82) is 0 Å². The third-order valence-electron chi connectivity index (χ3n) is 4.32. The van der Waals surface area contributed by atoms with Gasteiger partial charge in [0.05, 0.1) is 5.60 Å². The van der Waals surface area contributed by atoms with E-state index in [1.54, 1.807) is 5.06 Å². The molecule has 1 aliphatic rings. The van der Waals surface area contributed by atoms with Crippen molar-refractivity contribution >= 4 is 17.9 Å². The monoisotopic (exact) mass is 403 g/mol. The van der Waals surface area contributed by atoms with Crippen LogP contribution < -0.4 is 10.9 Å². The molecule has 1 atom stereocenters. The van der Waals surface area contributed by atoms with E-state index in [2.05, 4.69) is 10.9 Å². The number of nitrogens with zero attached hydrogens (tertiary/aromatic N) is 1. The molecular formula is C21H29N3O5. The molecule has 1 saturated heterocycles. The Bertz CT molecular complexity index is 738. The van der Waals surface area contributed by atoms with Gasteiger partial charge in [-0.1, -0.05) is 30.3 Å². The van der Waals surface area contributed by atoms with E-state index in [4.69, 9.17) is 9.57 Å². The fraction of sp³-hybridized carbons (Fsp3) is 0.524. The number of hydroxylamine groups is 2. The van der Waals surface area contributed by atoms with Crippen molar-refractivity contribution in [2.24, 2.45) is 5.92 Å². The quantitative estimate of drug-likeness (QED) is 0.560. The average Bonchev–Trinajstić information content (AvgIpc) is 2.69. The number of amides is 2. The average molecular weight is 403 g/mol. The van der Waals surface area contributed by atoms with Crippen molar-refractivity contribution in [2.45, 2.75) is 58.7 Å². The molecule has 0 aliphatic carbocycles. The van der Waals surface area contributed by atoms with Crippen LogP contribution in [-0.2, 0) is 25.8 Å². The van der Waals surface area contributed by atoms with Crippen LogP contribution >= 0.6 is 0 Å². The topological polar surface area (TPSA) is 97.0 Å². The molecule has 0 saturated carbocycles. The Morgan fingerprint density at radius 3 is 2.59 bits per heavy atom. The molecule has 2 rings (SSSR count). The Balaban J connectivity index is 1.66. The Morgan fingerprint density at radius 1 is 1.21 bits per heavy atom. The maximum Gasteiger partial charge on any atom is 0.426 e. The van der Waals surface area contributed by atoms with Crippen LogP contribution in [-0.4, -0.2) is 35.2 Å². The smallest absolute Gasteiger partial charge is 0.426 e. The summed E-state index contributed by atoms with van der Waals surface area (Å²) in [5.74, 6) is 1.82. The summed E-state index contributed by atoms with van der Waals surface area (Å²) in [6.07, 6.45) is 1.43. The maximum absolute atomic E-state index is 12.0. The summed E-state index contributed by atoms with van der Waals surface area (Å²) in [6.45, 7) is 6.47. The molecule has 0 aromatic heterocycles. The first kappa shape index (κ1) is 22.5. The van der Waals surface area contributed by atoms with Crippen LogP contribution in [0.25, 0.3) is 0 Å². The van der Waals surface area contributed by atoms with E-state index >= 15 is 0 Å². The van der Waals surface area contributed by atoms with Crippen molar-refractivity contribution in [3.05, 3.63) is 41.6 Å². The van der Waals surface area contributed by atoms with Crippen molar-refractivity contribution < 1.29 is 24.0 Å². The van der Waals surface area contributed by atoms with Gasteiger partial charge in [-0.3, -0.25) is 15.1 Å². The minimum absolute atomic E-state index is 0.124. The Morgan fingerprint density at radius 2 is 1.93 bits per heavy atom. The van der Waals surface area contributed by atoms with E-state index in [-0.39, 0.29) is 24.9 Å². The minimum atomic E-state index is -0.721. The van der Waals surface area contributed by atoms with Crippen LogP contribution in [0.5, 0.6) is 0 Å². The lowest BCUT2D eigenvalue weighted by molar-refractivity contribution is -0.215. The predicted octanol–water partition coefficient (Wildman–Crippen LogP) is 2.88. The molecule has 0 spiro atoms. The molecule has 1 aromatic rings. The van der Waals surface area contributed by atoms with Crippen LogP contribution in [0.15, 0.2) is 36.0 Å². The molecule has 8 heteroatoms. The number of hydrogen-bond donors (Lipinski definition) is 2. The highest BCUT2D eigenvalue weighted by Crippen LogP contribution is 2.29. The van der Waals surface area contributed by atoms with Gasteiger partial charge in [0.2, 0.25) is 5.91 Å². The predicted molar refractivity (Wildman–Crippen MR) is 107 cm³/mol. The standard InChI is InChI=1S/C21H29N3O5/c1-21(2,3)29-24-12-11-16(13-18(24)14-25)9-10-19(26)22-23-20(27)28-15-17-7-5-4-6-8-17/h4-8,16H,9-13,15H2,1-3H3,(H,22,26)(H,23,27). The van der Waals surface area contributed by atoms with E-state index in [1.165, 1.54) is 0 Å². The molecule has 29 heavy (non-hydrogen) atoms. The summed E-state index contributed by atoms with van der Waals surface area (Å²) >= 11 is 0. The lowest BCUT2D eigenvalue weighted by Crippen LogP contribution is -2.42. The van der Waals surface area contributed by atoms with Gasteiger partial charge in [-0.05, 0) is 45.1 Å². The van der Waals surface area contributed by atoms with Gasteiger partial charge in [0.1, 0.15) is 18.2 Å². The molecule has 1 unspecified atom stereocenters. The second kappa shape index (κ2) is 10.6. The Labute approximate surface area is 171 Å². The molecule has 0 radical (unpaired) electrons. The molecular weight excluding hydrogens is 374 g/mol. The number of hydrogen-bond acceptors (Lipinski definition) is 6. The second-order valence-corrected chi connectivity index (χ2v) is 7.99. The zero-order valence-corrected chi connectivity index (χ0v) is 17.2. The van der Waals surface area contributed by atoms with E-state index in [1.807, 2.05) is 57.0 Å². The van der Waals surface area contributed by atoms with E-state index in [9.17, 15) is 14.4 Å². The number of allylic oxidation sites excluding steroid dienone is 1. The summed E-state index contributed by atoms with van der Waals surface area (Å²) < 4.78 is 5.02. The number of benzene rings is 1. The molecule has 1 heterocycles. The number of ether oxygens (including phenoxy) is 1. The second-order valence-electron chi connectivity index (χ2n) is 7.99. The fourth-order valence-corrected chi connectivity index (χ4v) is 2.96. The molecule has 1 aliphatic heterocycles. The SMILES string of the molecule is CC(C)(C)ON1CCC(CCC(=O)NNC(=O)OCc2ccccc2)CC1=C=O. The van der Waals surface area contributed by atoms with Gasteiger partial charge in [-0.2, -0.15) is 0 Å². The number of carbonyl (C=O) groups is 2. The first-order chi connectivity index (χ1) is 13.8. The lowest BCUT2D eigenvalue weighted by atomic mass is 9.91. The van der Waals surface area contributed by atoms with Crippen molar-refractivity contribution in [3.63, 3.8) is 0 Å². The maximum atomic E-state index is 12.0. The minimum Gasteiger partial charge on any atom is -0.443 e. The Hall–Kier alpha value is -2.83. The first-order valence-corrected chi connectivity index (χ1v) is 9.73. The first-order valence-electron chi connectivity index (χ1n) is 9.73. The van der Waals surface area contributed by atoms with E-state index in [0.29, 0.717) is 25.1 Å². The third kappa shape index (κ3) is 8.37. The zero-order valence-electron chi connectivity index (χ0n) is 17.2. The van der Waals surface area contributed by atoms with Crippen LogP contribution in [0, 0.1) is 5.92 Å². The zero-order chi connectivity index (χ0) is 21.3. The number of rotatable bonds is 6. The summed E-state index contributed by atoms with van der Waals surface area (Å²) in [5, 5.41) is 1.61. The van der Waals surface area contributed by atoms with Crippen LogP contribution in [0.4, 0.5) is 4.79 Å². The number of hydrazine groups is 1. The molecule has 8 nitrogen and oxygen atoms in total. The highest BCUT2D eigenvalue weighted by atomic mass is 16.7. The lowest BCUT2D eigenvalue weighted by Gasteiger charge is -2.36. The number of carbonyl (C=O) groups excluding carboxylic acids is 3. The van der Waals surface area contributed by atoms with E-state index in [0.717, 1.165) is 12.0 Å². The highest BCUT2D eigenvalue weighted by Gasteiger charge is 2.28. The molecule has 1 aromatic carbocycles. The molecule has 158 valence electrons. The third-order valence-corrected chi connectivity index (χ3v) is 4.32. The van der Waals surface area contributed by atoms with Crippen molar-refractivity contribution in [3.8, 4) is 0 Å². The summed E-state index contributed by atoms with van der Waals surface area (Å²) in [7, 11) is 0. The van der Waals surface area contributed by atoms with Crippen LogP contribution in [0.1, 0.15) is 52.0 Å². The Kier molecular flexibility index (Phi) is 8.24. The molecule has 2 N–H and O–H groups in total. The largest absolute Gasteiger partial charge is 0.443 e. The van der Waals surface area contributed by atoms with Crippen molar-refractivity contribution in [1.82, 2.24) is 15.9 Å². The van der Waals surface area contributed by atoms with E-state index < -0.39 is 11.7 Å². The normalized spacial score (nSPS) is 16.7. The van der Waals surface area contributed by atoms with Crippen LogP contribution in [0.2, 0.25) is 0 Å². The molecule has 2 amide bonds. The number of piperidine rings is 1. The molecule has 0 bridgehead atoms. The van der Waals surface area contributed by atoms with Gasteiger partial charge in [0.15, 0.2) is 0 Å². The van der Waals surface area contributed by atoms with Gasteiger partial charge >= 0.3 is 6.09 Å². The fourth-order valence-electron chi connectivity index (χ4n) is 2.96. The van der Waals surface area contributed by atoms with Gasteiger partial charge in [0, 0.05) is 19.4 Å². The summed E-state index contributed by atoms with van der Waals surface area (Å²) in [5.41, 5.74) is 5.51. The van der Waals surface area contributed by atoms with Gasteiger partial charge in [-0.25, -0.2) is 20.1 Å². The van der Waals surface area contributed by atoms with Crippen LogP contribution in [0.3, 0.4) is 0 Å². The highest BCUT2D eigenvalue weighted by molar-refractivity contribution is 5.78.